The summed E-state index contributed by atoms with van der Waals surface area (Å²) in [5, 5.41) is 5.23. The number of fused-ring (bicyclic) bond motifs is 8. The van der Waals surface area contributed by atoms with Gasteiger partial charge in [-0.1, -0.05) is 133 Å². The van der Waals surface area contributed by atoms with Gasteiger partial charge in [0.15, 0.2) is 0 Å². The third kappa shape index (κ3) is 3.24. The van der Waals surface area contributed by atoms with Crippen LogP contribution in [-0.2, 0) is 5.41 Å². The smallest absolute Gasteiger partial charge is 0.0727 e. The van der Waals surface area contributed by atoms with Crippen molar-refractivity contribution in [1.29, 1.82) is 0 Å². The Bertz CT molecular complexity index is 2860. The van der Waals surface area contributed by atoms with E-state index in [0.29, 0.717) is 0 Å². The molecule has 0 aliphatic heterocycles. The standard InChI is InChI=1S/C49H30N2/c1-3-15-31(16-4-1)50-41-27-11-21-35-36-22-12-28-42-46(36)48-40(26-14-30-44(48)51(42)32-17-5-2-6-18-32)49(39-25-13-29-43(50)47(39)45(35)41)37-23-9-7-19-33(37)34-20-8-10-24-38(34)49/h1-30H. The highest BCUT2D eigenvalue weighted by atomic mass is 15.0. The maximum atomic E-state index is 2.48. The van der Waals surface area contributed by atoms with Crippen molar-refractivity contribution in [1.82, 2.24) is 9.13 Å². The Balaban J connectivity index is 1.42. The molecule has 0 N–H and O–H groups in total. The zero-order valence-corrected chi connectivity index (χ0v) is 27.7. The quantitative estimate of drug-likeness (QED) is 0.177. The Labute approximate surface area is 295 Å². The van der Waals surface area contributed by atoms with Crippen molar-refractivity contribution in [3.8, 4) is 33.6 Å². The molecule has 0 saturated heterocycles. The van der Waals surface area contributed by atoms with Crippen LogP contribution in [-0.4, -0.2) is 9.13 Å². The first-order valence-corrected chi connectivity index (χ1v) is 17.8. The largest absolute Gasteiger partial charge is 0.309 e. The molecule has 0 atom stereocenters. The van der Waals surface area contributed by atoms with E-state index in [-0.39, 0.29) is 0 Å². The van der Waals surface area contributed by atoms with Gasteiger partial charge in [-0.05, 0) is 93.0 Å². The van der Waals surface area contributed by atoms with Crippen molar-refractivity contribution in [3.63, 3.8) is 0 Å². The molecule has 8 aromatic carbocycles. The summed E-state index contributed by atoms with van der Waals surface area (Å²) in [6, 6.07) is 67.9. The molecule has 2 aliphatic rings. The van der Waals surface area contributed by atoms with Gasteiger partial charge in [0.25, 0.3) is 0 Å². The van der Waals surface area contributed by atoms with E-state index in [4.69, 9.17) is 0 Å². The Morgan fingerprint density at radius 1 is 0.255 bits per heavy atom. The van der Waals surface area contributed by atoms with Gasteiger partial charge in [-0.25, -0.2) is 0 Å². The highest BCUT2D eigenvalue weighted by molar-refractivity contribution is 6.25. The van der Waals surface area contributed by atoms with Crippen LogP contribution in [0.25, 0.3) is 77.2 Å². The molecule has 2 heteroatoms. The predicted octanol–water partition coefficient (Wildman–Crippen LogP) is 12.2. The Hall–Kier alpha value is -6.64. The van der Waals surface area contributed by atoms with Crippen LogP contribution in [0.2, 0.25) is 0 Å². The van der Waals surface area contributed by atoms with Gasteiger partial charge in [-0.3, -0.25) is 0 Å². The molecule has 0 amide bonds. The van der Waals surface area contributed by atoms with E-state index in [9.17, 15) is 0 Å². The fraction of sp³-hybridized carbons (Fsp3) is 0.0204. The lowest BCUT2D eigenvalue weighted by molar-refractivity contribution is 0.785. The molecule has 0 radical (unpaired) electrons. The highest BCUT2D eigenvalue weighted by Gasteiger charge is 2.49. The van der Waals surface area contributed by atoms with Gasteiger partial charge in [0.2, 0.25) is 0 Å². The van der Waals surface area contributed by atoms with Crippen LogP contribution in [0.1, 0.15) is 22.3 Å². The predicted molar refractivity (Wildman–Crippen MR) is 211 cm³/mol. The van der Waals surface area contributed by atoms with E-state index in [1.807, 2.05) is 0 Å². The van der Waals surface area contributed by atoms with E-state index < -0.39 is 5.41 Å². The molecule has 1 spiro atoms. The lowest BCUT2D eigenvalue weighted by Gasteiger charge is -2.35. The summed E-state index contributed by atoms with van der Waals surface area (Å²) in [6.45, 7) is 0. The number of nitrogens with zero attached hydrogens (tertiary/aromatic N) is 2. The van der Waals surface area contributed by atoms with Gasteiger partial charge in [-0.2, -0.15) is 0 Å². The first-order valence-electron chi connectivity index (χ1n) is 17.8. The van der Waals surface area contributed by atoms with Gasteiger partial charge < -0.3 is 9.13 Å². The highest BCUT2D eigenvalue weighted by Crippen LogP contribution is 2.61. The molecule has 2 aromatic heterocycles. The minimum atomic E-state index is -0.581. The van der Waals surface area contributed by atoms with Crippen LogP contribution in [0.15, 0.2) is 182 Å². The SMILES string of the molecule is c1ccc(-n2c3cccc4c3c3c(cccc32)C2(c3ccccc3-c3ccccc32)c2cccc3c2c2c-4cccc2n3-c2ccccc2)cc1. The summed E-state index contributed by atoms with van der Waals surface area (Å²) in [5.74, 6) is 0. The van der Waals surface area contributed by atoms with E-state index in [0.717, 1.165) is 0 Å². The molecule has 10 aromatic rings. The maximum absolute atomic E-state index is 2.48. The molecule has 236 valence electrons. The number of rotatable bonds is 2. The topological polar surface area (TPSA) is 9.86 Å². The number of hydrogen-bond donors (Lipinski definition) is 0. The third-order valence-corrected chi connectivity index (χ3v) is 11.7. The summed E-state index contributed by atoms with van der Waals surface area (Å²) in [5.41, 5.74) is 17.1. The lowest BCUT2D eigenvalue weighted by atomic mass is 9.66. The van der Waals surface area contributed by atoms with Crippen LogP contribution in [0.4, 0.5) is 0 Å². The summed E-state index contributed by atoms with van der Waals surface area (Å²) in [6.07, 6.45) is 0. The number of para-hydroxylation sites is 2. The second-order valence-corrected chi connectivity index (χ2v) is 14.0. The van der Waals surface area contributed by atoms with E-state index in [1.165, 1.54) is 99.5 Å². The fourth-order valence-electron chi connectivity index (χ4n) is 9.96. The average molecular weight is 647 g/mol. The van der Waals surface area contributed by atoms with Crippen LogP contribution in [0, 0.1) is 0 Å². The molecule has 2 nitrogen and oxygen atoms in total. The van der Waals surface area contributed by atoms with Gasteiger partial charge in [0.1, 0.15) is 0 Å². The first kappa shape index (κ1) is 27.2. The van der Waals surface area contributed by atoms with E-state index in [1.54, 1.807) is 0 Å². The number of hydrogen-bond acceptors (Lipinski definition) is 0. The van der Waals surface area contributed by atoms with Gasteiger partial charge in [0, 0.05) is 32.9 Å². The monoisotopic (exact) mass is 646 g/mol. The zero-order valence-electron chi connectivity index (χ0n) is 27.7. The van der Waals surface area contributed by atoms with E-state index >= 15 is 0 Å². The van der Waals surface area contributed by atoms with Gasteiger partial charge in [-0.15, -0.1) is 0 Å². The summed E-state index contributed by atoms with van der Waals surface area (Å²) in [7, 11) is 0. The van der Waals surface area contributed by atoms with Crippen LogP contribution >= 0.6 is 0 Å². The zero-order chi connectivity index (χ0) is 33.3. The summed E-state index contributed by atoms with van der Waals surface area (Å²) < 4.78 is 4.97. The summed E-state index contributed by atoms with van der Waals surface area (Å²) in [4.78, 5) is 0. The van der Waals surface area contributed by atoms with Gasteiger partial charge >= 0.3 is 0 Å². The maximum Gasteiger partial charge on any atom is 0.0727 e. The molecular weight excluding hydrogens is 617 g/mol. The molecule has 2 aliphatic carbocycles. The Morgan fingerprint density at radius 3 is 1.04 bits per heavy atom. The minimum absolute atomic E-state index is 0.581. The fourth-order valence-corrected chi connectivity index (χ4v) is 9.96. The molecule has 2 heterocycles. The van der Waals surface area contributed by atoms with Crippen molar-refractivity contribution in [2.45, 2.75) is 5.41 Å². The Morgan fingerprint density at radius 2 is 0.588 bits per heavy atom. The molecule has 0 unspecified atom stereocenters. The number of benzene rings is 8. The number of aromatic nitrogens is 2. The molecule has 12 rings (SSSR count). The van der Waals surface area contributed by atoms with Crippen LogP contribution in [0.3, 0.4) is 0 Å². The first-order chi connectivity index (χ1) is 25.4. The lowest BCUT2D eigenvalue weighted by Crippen LogP contribution is -2.29. The molecule has 51 heavy (non-hydrogen) atoms. The van der Waals surface area contributed by atoms with E-state index in [2.05, 4.69) is 191 Å². The Kier molecular flexibility index (Phi) is 5.20. The van der Waals surface area contributed by atoms with Gasteiger partial charge in [0.05, 0.1) is 27.5 Å². The molecule has 0 saturated carbocycles. The molecule has 0 fully saturated rings. The second kappa shape index (κ2) is 9.74. The normalized spacial score (nSPS) is 13.6. The van der Waals surface area contributed by atoms with Crippen molar-refractivity contribution < 1.29 is 0 Å². The molecular formula is C49H30N2. The second-order valence-electron chi connectivity index (χ2n) is 14.0. The molecule has 0 bridgehead atoms. The van der Waals surface area contributed by atoms with Crippen LogP contribution < -0.4 is 0 Å². The minimum Gasteiger partial charge on any atom is -0.309 e. The van der Waals surface area contributed by atoms with Crippen molar-refractivity contribution >= 4 is 43.6 Å². The third-order valence-electron chi connectivity index (χ3n) is 11.7. The van der Waals surface area contributed by atoms with Crippen molar-refractivity contribution in [3.05, 3.63) is 204 Å². The summed E-state index contributed by atoms with van der Waals surface area (Å²) >= 11 is 0. The average Bonchev–Trinajstić information content (AvgIpc) is 3.84. The van der Waals surface area contributed by atoms with Crippen molar-refractivity contribution in [2.24, 2.45) is 0 Å². The van der Waals surface area contributed by atoms with Crippen molar-refractivity contribution in [2.75, 3.05) is 0 Å². The van der Waals surface area contributed by atoms with Crippen LogP contribution in [0.5, 0.6) is 0 Å².